The van der Waals surface area contributed by atoms with Crippen LogP contribution in [-0.4, -0.2) is 60.9 Å². The van der Waals surface area contributed by atoms with E-state index in [9.17, 15) is 9.59 Å². The van der Waals surface area contributed by atoms with Gasteiger partial charge in [-0.1, -0.05) is 6.42 Å². The maximum atomic E-state index is 12.1. The van der Waals surface area contributed by atoms with E-state index in [2.05, 4.69) is 10.2 Å². The summed E-state index contributed by atoms with van der Waals surface area (Å²) in [7, 11) is 3.54. The molecule has 2 aliphatic rings. The van der Waals surface area contributed by atoms with Crippen LogP contribution >= 0.6 is 0 Å². The first kappa shape index (κ1) is 13.5. The van der Waals surface area contributed by atoms with Crippen molar-refractivity contribution in [1.29, 1.82) is 0 Å². The van der Waals surface area contributed by atoms with Crippen LogP contribution in [0.3, 0.4) is 0 Å². The van der Waals surface area contributed by atoms with Gasteiger partial charge in [-0.15, -0.1) is 0 Å². The third-order valence-electron chi connectivity index (χ3n) is 4.16. The Balaban J connectivity index is 2.04. The highest BCUT2D eigenvalue weighted by molar-refractivity contribution is 6.05. The lowest BCUT2D eigenvalue weighted by molar-refractivity contribution is -0.138. The summed E-state index contributed by atoms with van der Waals surface area (Å²) in [5, 5.41) is 3.17. The molecule has 5 heteroatoms. The molecule has 0 spiro atoms. The van der Waals surface area contributed by atoms with E-state index in [0.29, 0.717) is 12.5 Å². The third-order valence-corrected chi connectivity index (χ3v) is 4.16. The molecule has 0 radical (unpaired) electrons. The van der Waals surface area contributed by atoms with Crippen molar-refractivity contribution in [3.8, 4) is 0 Å². The Morgan fingerprint density at radius 2 is 2.11 bits per heavy atom. The van der Waals surface area contributed by atoms with Gasteiger partial charge < -0.3 is 5.32 Å². The molecule has 0 aromatic rings. The topological polar surface area (TPSA) is 52.7 Å². The van der Waals surface area contributed by atoms with E-state index in [4.69, 9.17) is 0 Å². The average molecular weight is 253 g/mol. The van der Waals surface area contributed by atoms with Gasteiger partial charge in [-0.2, -0.15) is 0 Å². The van der Waals surface area contributed by atoms with Gasteiger partial charge in [-0.25, -0.2) is 0 Å². The molecule has 18 heavy (non-hydrogen) atoms. The molecule has 2 atom stereocenters. The fourth-order valence-electron chi connectivity index (χ4n) is 3.05. The molecule has 0 aliphatic carbocycles. The fraction of sp³-hybridized carbons (Fsp3) is 0.846. The van der Waals surface area contributed by atoms with E-state index in [-0.39, 0.29) is 17.9 Å². The summed E-state index contributed by atoms with van der Waals surface area (Å²) in [6, 6.07) is 0.240. The van der Waals surface area contributed by atoms with Gasteiger partial charge in [-0.3, -0.25) is 19.4 Å². The van der Waals surface area contributed by atoms with Gasteiger partial charge >= 0.3 is 0 Å². The molecule has 0 bridgehead atoms. The molecular weight excluding hydrogens is 230 g/mol. The Bertz CT molecular complexity index is 332. The van der Waals surface area contributed by atoms with Crippen molar-refractivity contribution in [3.05, 3.63) is 0 Å². The molecule has 2 unspecified atom stereocenters. The third kappa shape index (κ3) is 2.57. The Morgan fingerprint density at radius 3 is 2.72 bits per heavy atom. The second-order valence-corrected chi connectivity index (χ2v) is 5.29. The summed E-state index contributed by atoms with van der Waals surface area (Å²) in [5.74, 6) is -0.0562. The Kier molecular flexibility index (Phi) is 4.35. The zero-order valence-corrected chi connectivity index (χ0v) is 11.3. The number of carbonyl (C=O) groups excluding carboxylic acids is 2. The molecule has 2 aliphatic heterocycles. The van der Waals surface area contributed by atoms with Crippen LogP contribution in [0.5, 0.6) is 0 Å². The van der Waals surface area contributed by atoms with Crippen molar-refractivity contribution in [2.45, 2.75) is 44.2 Å². The maximum absolute atomic E-state index is 12.1. The van der Waals surface area contributed by atoms with Crippen LogP contribution < -0.4 is 5.32 Å². The molecule has 2 saturated heterocycles. The van der Waals surface area contributed by atoms with Crippen LogP contribution in [0.25, 0.3) is 0 Å². The number of rotatable bonds is 4. The minimum Gasteiger partial charge on any atom is -0.320 e. The molecule has 1 N–H and O–H groups in total. The summed E-state index contributed by atoms with van der Waals surface area (Å²) in [6.45, 7) is 1.91. The van der Waals surface area contributed by atoms with Gasteiger partial charge in [0.15, 0.2) is 0 Å². The zero-order valence-electron chi connectivity index (χ0n) is 11.3. The first-order chi connectivity index (χ1) is 8.65. The fourth-order valence-corrected chi connectivity index (χ4v) is 3.05. The molecule has 2 fully saturated rings. The van der Waals surface area contributed by atoms with Gasteiger partial charge in [0.1, 0.15) is 0 Å². The normalized spacial score (nSPS) is 30.2. The van der Waals surface area contributed by atoms with Crippen LogP contribution in [0.4, 0.5) is 0 Å². The Hall–Kier alpha value is -0.940. The van der Waals surface area contributed by atoms with Crippen LogP contribution in [0.2, 0.25) is 0 Å². The summed E-state index contributed by atoms with van der Waals surface area (Å²) in [4.78, 5) is 27.3. The predicted octanol–water partition coefficient (Wildman–Crippen LogP) is 0.208. The van der Waals surface area contributed by atoms with E-state index in [1.54, 1.807) is 7.05 Å². The van der Waals surface area contributed by atoms with Crippen molar-refractivity contribution in [1.82, 2.24) is 15.1 Å². The summed E-state index contributed by atoms with van der Waals surface area (Å²) < 4.78 is 0. The molecule has 102 valence electrons. The van der Waals surface area contributed by atoms with Crippen molar-refractivity contribution in [2.24, 2.45) is 0 Å². The van der Waals surface area contributed by atoms with Gasteiger partial charge in [0, 0.05) is 13.1 Å². The lowest BCUT2D eigenvalue weighted by Gasteiger charge is -2.38. The minimum atomic E-state index is -0.204. The highest BCUT2D eigenvalue weighted by Crippen LogP contribution is 2.27. The second-order valence-electron chi connectivity index (χ2n) is 5.29. The molecule has 0 aromatic heterocycles. The minimum absolute atomic E-state index is 0.0173. The number of likely N-dealkylation sites (tertiary alicyclic amines) is 2. The first-order valence-electron chi connectivity index (χ1n) is 6.86. The number of nitrogens with one attached hydrogen (secondary N) is 1. The highest BCUT2D eigenvalue weighted by Gasteiger charge is 2.42. The molecule has 2 heterocycles. The van der Waals surface area contributed by atoms with Gasteiger partial charge in [-0.05, 0) is 39.4 Å². The lowest BCUT2D eigenvalue weighted by atomic mass is 9.96. The van der Waals surface area contributed by atoms with Gasteiger partial charge in [0.2, 0.25) is 11.8 Å². The Morgan fingerprint density at radius 1 is 1.33 bits per heavy atom. The van der Waals surface area contributed by atoms with E-state index < -0.39 is 0 Å². The van der Waals surface area contributed by atoms with Crippen LogP contribution in [0, 0.1) is 0 Å². The quantitative estimate of drug-likeness (QED) is 0.728. The maximum Gasteiger partial charge on any atom is 0.246 e. The summed E-state index contributed by atoms with van der Waals surface area (Å²) in [6.07, 6.45) is 4.93. The van der Waals surface area contributed by atoms with Crippen LogP contribution in [-0.2, 0) is 9.59 Å². The monoisotopic (exact) mass is 253 g/mol. The van der Waals surface area contributed by atoms with Crippen LogP contribution in [0.15, 0.2) is 0 Å². The number of carbonyl (C=O) groups is 2. The number of likely N-dealkylation sites (N-methyl/N-ethyl adjacent to an activating group) is 1. The first-order valence-corrected chi connectivity index (χ1v) is 6.86. The standard InChI is InChI=1S/C13H23N3O2/c1-14-7-6-10-5-3-4-8-16(10)11-9-12(17)15(2)13(11)18/h10-11,14H,3-9H2,1-2H3. The molecule has 0 saturated carbocycles. The highest BCUT2D eigenvalue weighted by atomic mass is 16.2. The van der Waals surface area contributed by atoms with Crippen molar-refractivity contribution < 1.29 is 9.59 Å². The lowest BCUT2D eigenvalue weighted by Crippen LogP contribution is -2.50. The number of nitrogens with zero attached hydrogens (tertiary/aromatic N) is 2. The molecule has 5 nitrogen and oxygen atoms in total. The molecule has 0 aromatic carbocycles. The number of hydrogen-bond donors (Lipinski definition) is 1. The Labute approximate surface area is 108 Å². The van der Waals surface area contributed by atoms with Crippen LogP contribution in [0.1, 0.15) is 32.1 Å². The van der Waals surface area contributed by atoms with E-state index in [1.807, 2.05) is 7.05 Å². The predicted molar refractivity (Wildman–Crippen MR) is 69.1 cm³/mol. The number of hydrogen-bond acceptors (Lipinski definition) is 4. The smallest absolute Gasteiger partial charge is 0.246 e. The summed E-state index contributed by atoms with van der Waals surface area (Å²) >= 11 is 0. The van der Waals surface area contributed by atoms with Crippen molar-refractivity contribution in [2.75, 3.05) is 27.2 Å². The van der Waals surface area contributed by atoms with Gasteiger partial charge in [0.05, 0.1) is 12.5 Å². The second kappa shape index (κ2) is 5.80. The van der Waals surface area contributed by atoms with E-state index in [1.165, 1.54) is 11.3 Å². The zero-order chi connectivity index (χ0) is 13.1. The number of piperidine rings is 1. The van der Waals surface area contributed by atoms with Crippen molar-refractivity contribution >= 4 is 11.8 Å². The molecular formula is C13H23N3O2. The largest absolute Gasteiger partial charge is 0.320 e. The van der Waals surface area contributed by atoms with E-state index in [0.717, 1.165) is 32.4 Å². The SMILES string of the molecule is CNCCC1CCCCN1C1CC(=O)N(C)C1=O. The van der Waals surface area contributed by atoms with Crippen molar-refractivity contribution in [3.63, 3.8) is 0 Å². The number of amides is 2. The number of imide groups is 1. The molecule has 2 amide bonds. The molecule has 2 rings (SSSR count). The van der Waals surface area contributed by atoms with E-state index >= 15 is 0 Å². The summed E-state index contributed by atoms with van der Waals surface area (Å²) in [5.41, 5.74) is 0. The van der Waals surface area contributed by atoms with Gasteiger partial charge in [0.25, 0.3) is 0 Å². The average Bonchev–Trinajstić information content (AvgIpc) is 2.64.